The molecule has 142 valence electrons. The molecule has 1 atom stereocenters. The summed E-state index contributed by atoms with van der Waals surface area (Å²) in [6.07, 6.45) is 1.62. The summed E-state index contributed by atoms with van der Waals surface area (Å²) in [5, 5.41) is 3.04. The van der Waals surface area contributed by atoms with Crippen LogP contribution >= 0.6 is 0 Å². The maximum absolute atomic E-state index is 13.0. The maximum Gasteiger partial charge on any atom is 0.254 e. The molecule has 2 amide bonds. The second-order valence-corrected chi connectivity index (χ2v) is 7.61. The Kier molecular flexibility index (Phi) is 5.51. The molecule has 2 saturated heterocycles. The van der Waals surface area contributed by atoms with Crippen LogP contribution in [0, 0.1) is 11.3 Å². The van der Waals surface area contributed by atoms with Gasteiger partial charge in [-0.3, -0.25) is 9.59 Å². The molecular formula is C20H28N2O4. The second-order valence-electron chi connectivity index (χ2n) is 7.61. The van der Waals surface area contributed by atoms with Crippen molar-refractivity contribution in [2.45, 2.75) is 32.7 Å². The maximum atomic E-state index is 13.0. The van der Waals surface area contributed by atoms with Crippen molar-refractivity contribution in [3.63, 3.8) is 0 Å². The Bertz CT molecular complexity index is 668. The molecule has 0 saturated carbocycles. The molecule has 6 heteroatoms. The molecule has 1 spiro atoms. The van der Waals surface area contributed by atoms with E-state index in [-0.39, 0.29) is 29.2 Å². The molecule has 1 aromatic carbocycles. The Hall–Kier alpha value is -2.08. The number of ether oxygens (including phenoxy) is 2. The highest BCUT2D eigenvalue weighted by atomic mass is 16.5. The Morgan fingerprint density at radius 2 is 2.04 bits per heavy atom. The fourth-order valence-electron chi connectivity index (χ4n) is 4.09. The highest BCUT2D eigenvalue weighted by Gasteiger charge is 2.51. The highest BCUT2D eigenvalue weighted by molar-refractivity contribution is 5.95. The summed E-state index contributed by atoms with van der Waals surface area (Å²) in [6.45, 7) is 6.27. The first-order valence-corrected chi connectivity index (χ1v) is 9.27. The van der Waals surface area contributed by atoms with Crippen molar-refractivity contribution >= 4 is 11.8 Å². The zero-order chi connectivity index (χ0) is 18.7. The summed E-state index contributed by atoms with van der Waals surface area (Å²) in [4.78, 5) is 27.7. The smallest absolute Gasteiger partial charge is 0.254 e. The number of carbonyl (C=O) groups is 2. The molecule has 1 aromatic rings. The Balaban J connectivity index is 1.83. The van der Waals surface area contributed by atoms with Crippen molar-refractivity contribution in [1.82, 2.24) is 10.2 Å². The molecule has 2 heterocycles. The number of benzene rings is 1. The minimum Gasteiger partial charge on any atom is -0.497 e. The number of hydrogen-bond donors (Lipinski definition) is 1. The van der Waals surface area contributed by atoms with E-state index >= 15 is 0 Å². The van der Waals surface area contributed by atoms with Crippen LogP contribution in [0.3, 0.4) is 0 Å². The van der Waals surface area contributed by atoms with E-state index in [1.807, 2.05) is 30.9 Å². The van der Waals surface area contributed by atoms with Crippen LogP contribution in [-0.2, 0) is 9.53 Å². The van der Waals surface area contributed by atoms with Crippen molar-refractivity contribution in [3.05, 3.63) is 29.8 Å². The molecule has 6 nitrogen and oxygen atoms in total. The highest BCUT2D eigenvalue weighted by Crippen LogP contribution is 2.44. The van der Waals surface area contributed by atoms with Crippen LogP contribution in [0.25, 0.3) is 0 Å². The standard InChI is InChI=1S/C20H28N2O4/c1-14(2)21-18(23)17-12-22(13-20(17)7-9-26-10-8-20)19(24)15-5-4-6-16(11-15)25-3/h4-6,11,14,17H,7-10,12-13H2,1-3H3,(H,21,23)/t17-/m0/s1. The normalized spacial score (nSPS) is 21.8. The molecule has 2 fully saturated rings. The molecule has 2 aliphatic heterocycles. The van der Waals surface area contributed by atoms with Crippen LogP contribution < -0.4 is 10.1 Å². The lowest BCUT2D eigenvalue weighted by Gasteiger charge is -2.37. The van der Waals surface area contributed by atoms with Crippen molar-refractivity contribution < 1.29 is 19.1 Å². The van der Waals surface area contributed by atoms with E-state index in [4.69, 9.17) is 9.47 Å². The first-order chi connectivity index (χ1) is 12.4. The number of methoxy groups -OCH3 is 1. The van der Waals surface area contributed by atoms with E-state index in [2.05, 4.69) is 5.32 Å². The predicted octanol–water partition coefficient (Wildman–Crippen LogP) is 2.09. The van der Waals surface area contributed by atoms with E-state index in [0.717, 1.165) is 12.8 Å². The Morgan fingerprint density at radius 1 is 1.31 bits per heavy atom. The molecule has 0 radical (unpaired) electrons. The number of rotatable bonds is 4. The summed E-state index contributed by atoms with van der Waals surface area (Å²) >= 11 is 0. The topological polar surface area (TPSA) is 67.9 Å². The number of likely N-dealkylation sites (tertiary alicyclic amines) is 1. The van der Waals surface area contributed by atoms with Gasteiger partial charge in [0, 0.05) is 43.3 Å². The molecule has 0 aromatic heterocycles. The summed E-state index contributed by atoms with van der Waals surface area (Å²) in [5.41, 5.74) is 0.405. The fraction of sp³-hybridized carbons (Fsp3) is 0.600. The van der Waals surface area contributed by atoms with Crippen molar-refractivity contribution in [1.29, 1.82) is 0 Å². The molecular weight excluding hydrogens is 332 g/mol. The minimum atomic E-state index is -0.191. The van der Waals surface area contributed by atoms with Crippen LogP contribution in [0.1, 0.15) is 37.0 Å². The zero-order valence-corrected chi connectivity index (χ0v) is 15.8. The third kappa shape index (κ3) is 3.70. The SMILES string of the molecule is COc1cccc(C(=O)N2C[C@@H](C(=O)NC(C)C)C3(CCOCC3)C2)c1. The molecule has 1 N–H and O–H groups in total. The molecule has 0 bridgehead atoms. The lowest BCUT2D eigenvalue weighted by Crippen LogP contribution is -2.46. The summed E-state index contributed by atoms with van der Waals surface area (Å²) in [6, 6.07) is 7.26. The van der Waals surface area contributed by atoms with Crippen molar-refractivity contribution in [3.8, 4) is 5.75 Å². The average Bonchev–Trinajstić information content (AvgIpc) is 3.00. The summed E-state index contributed by atoms with van der Waals surface area (Å²) in [5.74, 6) is 0.464. The van der Waals surface area contributed by atoms with E-state index in [1.165, 1.54) is 0 Å². The van der Waals surface area contributed by atoms with Crippen LogP contribution in [0.5, 0.6) is 5.75 Å². The minimum absolute atomic E-state index is 0.0443. The fourth-order valence-corrected chi connectivity index (χ4v) is 4.09. The van der Waals surface area contributed by atoms with Crippen LogP contribution in [0.4, 0.5) is 0 Å². The number of amides is 2. The Labute approximate surface area is 154 Å². The van der Waals surface area contributed by atoms with Crippen LogP contribution in [0.15, 0.2) is 24.3 Å². The zero-order valence-electron chi connectivity index (χ0n) is 15.8. The van der Waals surface area contributed by atoms with E-state index in [1.54, 1.807) is 19.2 Å². The predicted molar refractivity (Wildman–Crippen MR) is 98.2 cm³/mol. The largest absolute Gasteiger partial charge is 0.497 e. The van der Waals surface area contributed by atoms with Gasteiger partial charge in [-0.25, -0.2) is 0 Å². The number of nitrogens with one attached hydrogen (secondary N) is 1. The molecule has 0 unspecified atom stereocenters. The molecule has 2 aliphatic rings. The van der Waals surface area contributed by atoms with Gasteiger partial charge in [-0.2, -0.15) is 0 Å². The lowest BCUT2D eigenvalue weighted by molar-refractivity contribution is -0.130. The van der Waals surface area contributed by atoms with Gasteiger partial charge in [-0.1, -0.05) is 6.07 Å². The summed E-state index contributed by atoms with van der Waals surface area (Å²) in [7, 11) is 1.59. The monoisotopic (exact) mass is 360 g/mol. The molecule has 26 heavy (non-hydrogen) atoms. The van der Waals surface area contributed by atoms with Gasteiger partial charge < -0.3 is 19.7 Å². The van der Waals surface area contributed by atoms with E-state index in [9.17, 15) is 9.59 Å². The number of hydrogen-bond acceptors (Lipinski definition) is 4. The molecule has 3 rings (SSSR count). The van der Waals surface area contributed by atoms with E-state index < -0.39 is 0 Å². The van der Waals surface area contributed by atoms with Gasteiger partial charge in [0.25, 0.3) is 5.91 Å². The van der Waals surface area contributed by atoms with Gasteiger partial charge in [0.05, 0.1) is 13.0 Å². The van der Waals surface area contributed by atoms with Gasteiger partial charge in [0.2, 0.25) is 5.91 Å². The van der Waals surface area contributed by atoms with Gasteiger partial charge >= 0.3 is 0 Å². The first kappa shape index (κ1) is 18.7. The third-order valence-corrected chi connectivity index (χ3v) is 5.49. The van der Waals surface area contributed by atoms with Gasteiger partial charge in [0.1, 0.15) is 5.75 Å². The number of carbonyl (C=O) groups excluding carboxylic acids is 2. The first-order valence-electron chi connectivity index (χ1n) is 9.27. The third-order valence-electron chi connectivity index (χ3n) is 5.49. The van der Waals surface area contributed by atoms with Crippen molar-refractivity contribution in [2.24, 2.45) is 11.3 Å². The lowest BCUT2D eigenvalue weighted by atomic mass is 9.71. The van der Waals surface area contributed by atoms with Crippen LogP contribution in [0.2, 0.25) is 0 Å². The number of nitrogens with zero attached hydrogens (tertiary/aromatic N) is 1. The van der Waals surface area contributed by atoms with Gasteiger partial charge in [-0.15, -0.1) is 0 Å². The van der Waals surface area contributed by atoms with Gasteiger partial charge in [0.15, 0.2) is 0 Å². The second kappa shape index (κ2) is 7.66. The summed E-state index contributed by atoms with van der Waals surface area (Å²) < 4.78 is 10.8. The Morgan fingerprint density at radius 3 is 2.69 bits per heavy atom. The molecule has 0 aliphatic carbocycles. The quantitative estimate of drug-likeness (QED) is 0.893. The van der Waals surface area contributed by atoms with Gasteiger partial charge in [-0.05, 0) is 44.9 Å². The van der Waals surface area contributed by atoms with E-state index in [0.29, 0.717) is 37.6 Å². The van der Waals surface area contributed by atoms with Crippen molar-refractivity contribution in [2.75, 3.05) is 33.4 Å². The average molecular weight is 360 g/mol. The van der Waals surface area contributed by atoms with Crippen LogP contribution in [-0.4, -0.2) is 56.2 Å².